The minimum Gasteiger partial charge on any atom is -0.353 e. The van der Waals surface area contributed by atoms with Crippen molar-refractivity contribution in [3.05, 3.63) is 40.9 Å². The number of pyridine rings is 1. The second kappa shape index (κ2) is 6.12. The van der Waals surface area contributed by atoms with Crippen molar-refractivity contribution in [1.29, 1.82) is 0 Å². The van der Waals surface area contributed by atoms with Crippen LogP contribution in [0.2, 0.25) is 0 Å². The van der Waals surface area contributed by atoms with Gasteiger partial charge < -0.3 is 9.80 Å². The maximum atomic E-state index is 12.5. The zero-order valence-electron chi connectivity index (χ0n) is 15.3. The maximum absolute atomic E-state index is 12.5. The second-order valence-corrected chi connectivity index (χ2v) is 7.52. The van der Waals surface area contributed by atoms with E-state index in [9.17, 15) is 4.79 Å². The zero-order chi connectivity index (χ0) is 18.3. The van der Waals surface area contributed by atoms with Gasteiger partial charge in [0.05, 0.1) is 11.7 Å². The minimum absolute atomic E-state index is 0.146. The number of fused-ring (bicyclic) bond motifs is 1. The summed E-state index contributed by atoms with van der Waals surface area (Å²) in [5, 5.41) is 4.89. The molecule has 1 aliphatic rings. The van der Waals surface area contributed by atoms with Crippen LogP contribution in [0, 0.1) is 0 Å². The van der Waals surface area contributed by atoms with E-state index in [1.54, 1.807) is 6.20 Å². The molecule has 0 aliphatic carbocycles. The lowest BCUT2D eigenvalue weighted by Gasteiger charge is -2.35. The number of hydrogen-bond donors (Lipinski definition) is 1. The Kier molecular flexibility index (Phi) is 3.90. The van der Waals surface area contributed by atoms with Gasteiger partial charge in [-0.15, -0.1) is 0 Å². The van der Waals surface area contributed by atoms with Gasteiger partial charge in [-0.3, -0.25) is 9.78 Å². The van der Waals surface area contributed by atoms with E-state index in [2.05, 4.69) is 24.9 Å². The fourth-order valence-corrected chi connectivity index (χ4v) is 3.24. The van der Waals surface area contributed by atoms with Gasteiger partial charge in [0, 0.05) is 32.4 Å². The third-order valence-corrected chi connectivity index (χ3v) is 4.61. The van der Waals surface area contributed by atoms with Crippen LogP contribution in [0.25, 0.3) is 11.0 Å². The Labute approximate surface area is 151 Å². The third kappa shape index (κ3) is 2.91. The molecule has 0 atom stereocenters. The molecule has 4 rings (SSSR count). The molecule has 0 amide bonds. The van der Waals surface area contributed by atoms with Crippen molar-refractivity contribution in [1.82, 2.24) is 24.7 Å². The highest BCUT2D eigenvalue weighted by Gasteiger charge is 2.23. The van der Waals surface area contributed by atoms with Crippen molar-refractivity contribution in [2.75, 3.05) is 36.0 Å². The molecule has 4 heterocycles. The molecule has 1 N–H and O–H groups in total. The van der Waals surface area contributed by atoms with Crippen LogP contribution < -0.4 is 15.4 Å². The van der Waals surface area contributed by atoms with Crippen LogP contribution in [-0.4, -0.2) is 50.9 Å². The molecule has 8 heteroatoms. The van der Waals surface area contributed by atoms with Crippen LogP contribution in [-0.2, 0) is 5.54 Å². The van der Waals surface area contributed by atoms with E-state index in [1.165, 1.54) is 0 Å². The quantitative estimate of drug-likeness (QED) is 0.753. The van der Waals surface area contributed by atoms with Gasteiger partial charge in [-0.1, -0.05) is 6.07 Å². The van der Waals surface area contributed by atoms with Crippen molar-refractivity contribution in [2.45, 2.75) is 26.3 Å². The lowest BCUT2D eigenvalue weighted by Crippen LogP contribution is -2.47. The van der Waals surface area contributed by atoms with E-state index in [-0.39, 0.29) is 11.1 Å². The lowest BCUT2D eigenvalue weighted by molar-refractivity contribution is 0.366. The Morgan fingerprint density at radius 1 is 1.08 bits per heavy atom. The number of anilines is 2. The van der Waals surface area contributed by atoms with Crippen LogP contribution >= 0.6 is 0 Å². The molecule has 0 saturated carbocycles. The fraction of sp³-hybridized carbons (Fsp3) is 0.444. The van der Waals surface area contributed by atoms with Gasteiger partial charge in [-0.25, -0.2) is 9.67 Å². The Hall–Kier alpha value is -2.90. The minimum atomic E-state index is -0.239. The third-order valence-electron chi connectivity index (χ3n) is 4.61. The smallest absolute Gasteiger partial charge is 0.263 e. The van der Waals surface area contributed by atoms with Crippen molar-refractivity contribution in [3.8, 4) is 0 Å². The Bertz CT molecular complexity index is 963. The molecular weight excluding hydrogens is 330 g/mol. The molecule has 0 radical (unpaired) electrons. The highest BCUT2D eigenvalue weighted by atomic mass is 16.1. The molecule has 1 fully saturated rings. The molecule has 0 aromatic carbocycles. The number of H-pyrrole nitrogens is 1. The van der Waals surface area contributed by atoms with Crippen LogP contribution in [0.3, 0.4) is 0 Å². The monoisotopic (exact) mass is 353 g/mol. The van der Waals surface area contributed by atoms with E-state index in [0.717, 1.165) is 32.0 Å². The summed E-state index contributed by atoms with van der Waals surface area (Å²) >= 11 is 0. The topological polar surface area (TPSA) is 82.9 Å². The molecule has 3 aromatic heterocycles. The van der Waals surface area contributed by atoms with E-state index < -0.39 is 0 Å². The highest BCUT2D eigenvalue weighted by Crippen LogP contribution is 2.21. The van der Waals surface area contributed by atoms with Crippen LogP contribution in [0.15, 0.2) is 35.4 Å². The summed E-state index contributed by atoms with van der Waals surface area (Å²) < 4.78 is 1.81. The number of nitrogens with one attached hydrogen (secondary N) is 1. The zero-order valence-corrected chi connectivity index (χ0v) is 15.3. The fourth-order valence-electron chi connectivity index (χ4n) is 3.24. The first-order valence-electron chi connectivity index (χ1n) is 8.83. The standard InChI is InChI=1S/C18H23N7O/c1-18(2,3)25-15-13(12-20-25)16(26)22-17(21-15)24-10-8-23(9-11-24)14-6-4-5-7-19-14/h4-7,12H,8-11H2,1-3H3,(H,21,22,26). The van der Waals surface area contributed by atoms with Crippen molar-refractivity contribution in [3.63, 3.8) is 0 Å². The molecule has 26 heavy (non-hydrogen) atoms. The highest BCUT2D eigenvalue weighted by molar-refractivity contribution is 5.74. The number of aromatic amines is 1. The van der Waals surface area contributed by atoms with Gasteiger partial charge in [0.1, 0.15) is 11.2 Å². The molecule has 0 spiro atoms. The van der Waals surface area contributed by atoms with Crippen molar-refractivity contribution in [2.24, 2.45) is 0 Å². The van der Waals surface area contributed by atoms with E-state index in [4.69, 9.17) is 4.98 Å². The van der Waals surface area contributed by atoms with Gasteiger partial charge in [0.25, 0.3) is 5.56 Å². The summed E-state index contributed by atoms with van der Waals surface area (Å²) in [6, 6.07) is 5.93. The predicted octanol–water partition coefficient (Wildman–Crippen LogP) is 1.60. The molecule has 0 bridgehead atoms. The Balaban J connectivity index is 1.61. The van der Waals surface area contributed by atoms with Gasteiger partial charge >= 0.3 is 0 Å². The first-order valence-corrected chi connectivity index (χ1v) is 8.83. The van der Waals surface area contributed by atoms with Crippen LogP contribution in [0.4, 0.5) is 11.8 Å². The van der Waals surface area contributed by atoms with E-state index in [1.807, 2.05) is 49.8 Å². The predicted molar refractivity (Wildman–Crippen MR) is 102 cm³/mol. The maximum Gasteiger partial charge on any atom is 0.263 e. The number of piperazine rings is 1. The van der Waals surface area contributed by atoms with Crippen LogP contribution in [0.5, 0.6) is 0 Å². The molecule has 8 nitrogen and oxygen atoms in total. The average molecular weight is 353 g/mol. The summed E-state index contributed by atoms with van der Waals surface area (Å²) in [4.78, 5) is 28.9. The molecule has 1 saturated heterocycles. The summed E-state index contributed by atoms with van der Waals surface area (Å²) in [6.07, 6.45) is 3.40. The first kappa shape index (κ1) is 16.6. The molecule has 0 unspecified atom stereocenters. The number of rotatable bonds is 2. The lowest BCUT2D eigenvalue weighted by atomic mass is 10.1. The largest absolute Gasteiger partial charge is 0.353 e. The Morgan fingerprint density at radius 2 is 1.81 bits per heavy atom. The SMILES string of the molecule is CC(C)(C)n1ncc2c(=O)[nH]c(N3CCN(c4ccccn4)CC3)nc21. The summed E-state index contributed by atoms with van der Waals surface area (Å²) in [5.41, 5.74) is 0.244. The molecule has 136 valence electrons. The first-order chi connectivity index (χ1) is 12.4. The Morgan fingerprint density at radius 3 is 2.46 bits per heavy atom. The molecule has 1 aliphatic heterocycles. The number of aromatic nitrogens is 5. The number of nitrogens with zero attached hydrogens (tertiary/aromatic N) is 6. The van der Waals surface area contributed by atoms with E-state index in [0.29, 0.717) is 17.0 Å². The van der Waals surface area contributed by atoms with Crippen molar-refractivity contribution < 1.29 is 0 Å². The average Bonchev–Trinajstić information content (AvgIpc) is 3.08. The van der Waals surface area contributed by atoms with Gasteiger partial charge in [-0.05, 0) is 32.9 Å². The molecule has 3 aromatic rings. The van der Waals surface area contributed by atoms with Gasteiger partial charge in [0.15, 0.2) is 5.65 Å². The van der Waals surface area contributed by atoms with Crippen LogP contribution in [0.1, 0.15) is 20.8 Å². The summed E-state index contributed by atoms with van der Waals surface area (Å²) in [6.45, 7) is 9.35. The van der Waals surface area contributed by atoms with Gasteiger partial charge in [0.2, 0.25) is 5.95 Å². The normalized spacial score (nSPS) is 15.7. The number of hydrogen-bond acceptors (Lipinski definition) is 6. The second-order valence-electron chi connectivity index (χ2n) is 7.52. The van der Waals surface area contributed by atoms with Crippen molar-refractivity contribution >= 4 is 22.8 Å². The summed E-state index contributed by atoms with van der Waals surface area (Å²) in [5.74, 6) is 1.59. The summed E-state index contributed by atoms with van der Waals surface area (Å²) in [7, 11) is 0. The molecular formula is C18H23N7O. The van der Waals surface area contributed by atoms with Gasteiger partial charge in [-0.2, -0.15) is 10.1 Å². The van der Waals surface area contributed by atoms with E-state index >= 15 is 0 Å².